The number of hydrogen-bond acceptors (Lipinski definition) is 4. The summed E-state index contributed by atoms with van der Waals surface area (Å²) >= 11 is 0. The molecule has 1 aromatic carbocycles. The van der Waals surface area contributed by atoms with E-state index in [1.807, 2.05) is 30.3 Å². The van der Waals surface area contributed by atoms with Crippen molar-refractivity contribution < 1.29 is 19.2 Å². The van der Waals surface area contributed by atoms with E-state index in [1.54, 1.807) is 16.7 Å². The van der Waals surface area contributed by atoms with Crippen LogP contribution in [0.15, 0.2) is 30.3 Å². The highest BCUT2D eigenvalue weighted by Crippen LogP contribution is 2.23. The van der Waals surface area contributed by atoms with Crippen LogP contribution in [0.1, 0.15) is 38.2 Å². The molecule has 3 aliphatic heterocycles. The predicted octanol–water partition coefficient (Wildman–Crippen LogP) is 0.214. The predicted molar refractivity (Wildman–Crippen MR) is 109 cm³/mol. The van der Waals surface area contributed by atoms with Crippen LogP contribution in [0.4, 0.5) is 0 Å². The van der Waals surface area contributed by atoms with E-state index >= 15 is 0 Å². The first-order valence-electron chi connectivity index (χ1n) is 10.7. The minimum Gasteiger partial charge on any atom is -0.343 e. The molecule has 0 radical (unpaired) electrons. The number of hydrogen-bond donors (Lipinski definition) is 2. The van der Waals surface area contributed by atoms with E-state index in [-0.39, 0.29) is 23.6 Å². The van der Waals surface area contributed by atoms with Crippen molar-refractivity contribution in [2.75, 3.05) is 13.1 Å². The molecule has 2 N–H and O–H groups in total. The minimum atomic E-state index is -0.775. The molecule has 4 atom stereocenters. The Hall–Kier alpha value is -2.90. The lowest BCUT2D eigenvalue weighted by Crippen LogP contribution is -2.60. The van der Waals surface area contributed by atoms with Crippen LogP contribution in [0.2, 0.25) is 0 Å². The fraction of sp³-hybridized carbons (Fsp3) is 0.545. The Kier molecular flexibility index (Phi) is 5.74. The third-order valence-corrected chi connectivity index (χ3v) is 6.30. The van der Waals surface area contributed by atoms with Crippen LogP contribution >= 0.6 is 0 Å². The lowest BCUT2D eigenvalue weighted by Gasteiger charge is -2.33. The Morgan fingerprint density at radius 3 is 2.03 bits per heavy atom. The fourth-order valence-corrected chi connectivity index (χ4v) is 4.74. The second-order valence-electron chi connectivity index (χ2n) is 8.36. The van der Waals surface area contributed by atoms with Crippen LogP contribution in [0.25, 0.3) is 0 Å². The van der Waals surface area contributed by atoms with Gasteiger partial charge in [-0.25, -0.2) is 0 Å². The summed E-state index contributed by atoms with van der Waals surface area (Å²) < 4.78 is 0. The molecule has 3 saturated heterocycles. The lowest BCUT2D eigenvalue weighted by molar-refractivity contribution is -0.146. The minimum absolute atomic E-state index is 0.242. The molecule has 0 aliphatic carbocycles. The van der Waals surface area contributed by atoms with E-state index in [1.165, 1.54) is 0 Å². The summed E-state index contributed by atoms with van der Waals surface area (Å²) in [6.07, 6.45) is 2.88. The third-order valence-electron chi connectivity index (χ3n) is 6.30. The van der Waals surface area contributed by atoms with Gasteiger partial charge in [-0.3, -0.25) is 19.2 Å². The summed E-state index contributed by atoms with van der Waals surface area (Å²) in [4.78, 5) is 55.4. The summed E-state index contributed by atoms with van der Waals surface area (Å²) in [6, 6.07) is 6.77. The molecule has 4 amide bonds. The van der Waals surface area contributed by atoms with E-state index in [4.69, 9.17) is 0 Å². The molecular weight excluding hydrogens is 384 g/mol. The normalized spacial score (nSPS) is 30.2. The maximum absolute atomic E-state index is 13.4. The fourth-order valence-electron chi connectivity index (χ4n) is 4.74. The van der Waals surface area contributed by atoms with Crippen LogP contribution in [0.5, 0.6) is 0 Å². The molecule has 0 saturated carbocycles. The Morgan fingerprint density at radius 1 is 0.833 bits per heavy atom. The molecule has 8 nitrogen and oxygen atoms in total. The van der Waals surface area contributed by atoms with Gasteiger partial charge in [-0.2, -0.15) is 0 Å². The Labute approximate surface area is 176 Å². The van der Waals surface area contributed by atoms with Crippen LogP contribution in [-0.4, -0.2) is 70.7 Å². The molecule has 0 bridgehead atoms. The number of carbonyl (C=O) groups is 4. The van der Waals surface area contributed by atoms with E-state index in [2.05, 4.69) is 10.6 Å². The second-order valence-corrected chi connectivity index (χ2v) is 8.36. The Balaban J connectivity index is 1.67. The summed E-state index contributed by atoms with van der Waals surface area (Å²) in [5.41, 5.74) is 0.927. The first kappa shape index (κ1) is 20.4. The van der Waals surface area contributed by atoms with Gasteiger partial charge in [0.25, 0.3) is 0 Å². The SMILES string of the molecule is C[C@@H]1NC(=O)[C@@H]2CCCN2C(=O)[C@H](Cc2ccccc2)NC(=O)[C@@H]2CCCN2C1=O. The summed E-state index contributed by atoms with van der Waals surface area (Å²) in [5, 5.41) is 5.69. The van der Waals surface area contributed by atoms with E-state index in [0.717, 1.165) is 12.0 Å². The van der Waals surface area contributed by atoms with E-state index < -0.39 is 24.2 Å². The van der Waals surface area contributed by atoms with Gasteiger partial charge in [0.2, 0.25) is 23.6 Å². The molecule has 8 heteroatoms. The summed E-state index contributed by atoms with van der Waals surface area (Å²) in [5.74, 6) is -1.10. The number of fused-ring (bicyclic) bond motifs is 2. The van der Waals surface area contributed by atoms with Crippen LogP contribution in [0.3, 0.4) is 0 Å². The van der Waals surface area contributed by atoms with Gasteiger partial charge in [-0.15, -0.1) is 0 Å². The van der Waals surface area contributed by atoms with Crippen molar-refractivity contribution in [2.45, 2.75) is 63.2 Å². The van der Waals surface area contributed by atoms with Crippen molar-refractivity contribution >= 4 is 23.6 Å². The largest absolute Gasteiger partial charge is 0.343 e. The van der Waals surface area contributed by atoms with Crippen LogP contribution < -0.4 is 10.6 Å². The van der Waals surface area contributed by atoms with Gasteiger partial charge in [0.05, 0.1) is 0 Å². The molecule has 3 fully saturated rings. The molecule has 1 aromatic rings. The van der Waals surface area contributed by atoms with Crippen molar-refractivity contribution in [3.8, 4) is 0 Å². The first-order valence-corrected chi connectivity index (χ1v) is 10.7. The van der Waals surface area contributed by atoms with Crippen LogP contribution in [0, 0.1) is 0 Å². The topological polar surface area (TPSA) is 98.8 Å². The zero-order chi connectivity index (χ0) is 21.3. The van der Waals surface area contributed by atoms with Crippen LogP contribution in [-0.2, 0) is 25.6 Å². The van der Waals surface area contributed by atoms with Gasteiger partial charge in [-0.1, -0.05) is 30.3 Å². The number of nitrogens with one attached hydrogen (secondary N) is 2. The molecule has 3 aliphatic rings. The standard InChI is InChI=1S/C22H28N4O4/c1-14-21(29)25-11-5-10-18(25)20(28)24-16(13-15-7-3-2-4-8-15)22(30)26-12-6-9-17(26)19(27)23-14/h2-4,7-8,14,16-18H,5-6,9-13H2,1H3,(H,23,27)(H,24,28)/t14-,16-,17-,18-/m0/s1. The van der Waals surface area contributed by atoms with Gasteiger partial charge < -0.3 is 20.4 Å². The molecule has 4 rings (SSSR count). The molecule has 0 spiro atoms. The van der Waals surface area contributed by atoms with Gasteiger partial charge in [-0.05, 0) is 38.2 Å². The van der Waals surface area contributed by atoms with Crippen molar-refractivity contribution in [3.63, 3.8) is 0 Å². The number of nitrogens with zero attached hydrogens (tertiary/aromatic N) is 2. The quantitative estimate of drug-likeness (QED) is 0.726. The molecule has 160 valence electrons. The van der Waals surface area contributed by atoms with Crippen molar-refractivity contribution in [1.29, 1.82) is 0 Å². The highest BCUT2D eigenvalue weighted by Gasteiger charge is 2.42. The number of rotatable bonds is 2. The van der Waals surface area contributed by atoms with E-state index in [0.29, 0.717) is 38.8 Å². The molecule has 0 unspecified atom stereocenters. The Bertz CT molecular complexity index is 843. The lowest BCUT2D eigenvalue weighted by atomic mass is 10.0. The highest BCUT2D eigenvalue weighted by atomic mass is 16.2. The summed E-state index contributed by atoms with van der Waals surface area (Å²) in [7, 11) is 0. The molecule has 30 heavy (non-hydrogen) atoms. The van der Waals surface area contributed by atoms with Gasteiger partial charge in [0, 0.05) is 19.5 Å². The zero-order valence-electron chi connectivity index (χ0n) is 17.2. The molecule has 3 heterocycles. The van der Waals surface area contributed by atoms with Crippen molar-refractivity contribution in [2.24, 2.45) is 0 Å². The second kappa shape index (κ2) is 8.45. The molecular formula is C22H28N4O4. The zero-order valence-corrected chi connectivity index (χ0v) is 17.2. The summed E-state index contributed by atoms with van der Waals surface area (Å²) in [6.45, 7) is 2.58. The van der Waals surface area contributed by atoms with Gasteiger partial charge >= 0.3 is 0 Å². The van der Waals surface area contributed by atoms with Gasteiger partial charge in [0.15, 0.2) is 0 Å². The number of carbonyl (C=O) groups excluding carboxylic acids is 4. The smallest absolute Gasteiger partial charge is 0.246 e. The number of benzene rings is 1. The average Bonchev–Trinajstić information content (AvgIpc) is 3.42. The monoisotopic (exact) mass is 412 g/mol. The highest BCUT2D eigenvalue weighted by molar-refractivity contribution is 5.98. The van der Waals surface area contributed by atoms with Crippen molar-refractivity contribution in [3.05, 3.63) is 35.9 Å². The maximum Gasteiger partial charge on any atom is 0.246 e. The maximum atomic E-state index is 13.4. The van der Waals surface area contributed by atoms with Crippen molar-refractivity contribution in [1.82, 2.24) is 20.4 Å². The average molecular weight is 412 g/mol. The van der Waals surface area contributed by atoms with E-state index in [9.17, 15) is 19.2 Å². The Morgan fingerprint density at radius 2 is 1.40 bits per heavy atom. The first-order chi connectivity index (χ1) is 14.5. The number of amides is 4. The van der Waals surface area contributed by atoms with Gasteiger partial charge in [0.1, 0.15) is 24.2 Å². The third kappa shape index (κ3) is 3.91. The molecule has 0 aromatic heterocycles.